The highest BCUT2D eigenvalue weighted by Gasteiger charge is 2.39. The van der Waals surface area contributed by atoms with Crippen LogP contribution in [-0.2, 0) is 0 Å². The zero-order valence-electron chi connectivity index (χ0n) is 19.7. The molecule has 0 aliphatic carbocycles. The topological polar surface area (TPSA) is 71.1 Å². The number of hydrazone groups is 1. The van der Waals surface area contributed by atoms with Gasteiger partial charge in [-0.15, -0.1) is 0 Å². The Bertz CT molecular complexity index is 1210. The Balaban J connectivity index is 1.73. The van der Waals surface area contributed by atoms with Crippen molar-refractivity contribution >= 4 is 11.4 Å². The molecular formula is C26H26F5N3O2. The van der Waals surface area contributed by atoms with Crippen molar-refractivity contribution in [1.29, 1.82) is 0 Å². The maximum absolute atomic E-state index is 15.1. The van der Waals surface area contributed by atoms with Gasteiger partial charge in [0.15, 0.2) is 17.4 Å². The standard InChI is InChI=1S/C26H26F5N3O2/c1-15(2)25(32)33-34-12-10-18(14-16(34)3)20-8-9-21(28)23(22(20)29)36-13-11-26(30,31)24(35)17-4-6-19(27)7-5-17/h4-10,12,14-15,24,35H,3,11,13H2,1-2H3,(H2,32,33). The molecule has 10 heteroatoms. The van der Waals surface area contributed by atoms with Gasteiger partial charge >= 0.3 is 0 Å². The summed E-state index contributed by atoms with van der Waals surface area (Å²) in [5, 5.41) is 15.6. The molecule has 0 amide bonds. The molecule has 0 bridgehead atoms. The summed E-state index contributed by atoms with van der Waals surface area (Å²) in [6, 6.07) is 6.08. The normalized spacial score (nSPS) is 15.4. The fourth-order valence-corrected chi connectivity index (χ4v) is 3.25. The molecule has 0 saturated carbocycles. The maximum Gasteiger partial charge on any atom is 0.280 e. The van der Waals surface area contributed by atoms with E-state index in [1.807, 2.05) is 13.8 Å². The lowest BCUT2D eigenvalue weighted by atomic mass is 10.0. The number of allylic oxidation sites excluding steroid dienone is 3. The summed E-state index contributed by atoms with van der Waals surface area (Å²) in [6.07, 6.45) is 1.23. The van der Waals surface area contributed by atoms with Gasteiger partial charge in [0, 0.05) is 24.1 Å². The average molecular weight is 508 g/mol. The van der Waals surface area contributed by atoms with Crippen LogP contribution in [0.4, 0.5) is 22.0 Å². The van der Waals surface area contributed by atoms with E-state index in [4.69, 9.17) is 10.5 Å². The number of aliphatic hydroxyl groups excluding tert-OH is 1. The number of alkyl halides is 2. The van der Waals surface area contributed by atoms with E-state index in [0.717, 1.165) is 30.3 Å². The number of rotatable bonds is 9. The van der Waals surface area contributed by atoms with E-state index >= 15 is 4.39 Å². The van der Waals surface area contributed by atoms with Crippen molar-refractivity contribution in [3.05, 3.63) is 95.6 Å². The third kappa shape index (κ3) is 6.12. The van der Waals surface area contributed by atoms with Crippen LogP contribution in [0.3, 0.4) is 0 Å². The molecule has 2 aromatic rings. The minimum Gasteiger partial charge on any atom is -0.487 e. The van der Waals surface area contributed by atoms with Crippen LogP contribution in [0, 0.1) is 23.4 Å². The van der Waals surface area contributed by atoms with E-state index in [-0.39, 0.29) is 17.0 Å². The predicted octanol–water partition coefficient (Wildman–Crippen LogP) is 5.90. The molecule has 1 aliphatic rings. The summed E-state index contributed by atoms with van der Waals surface area (Å²) in [6.45, 7) is 6.80. The number of amidine groups is 1. The maximum atomic E-state index is 15.1. The zero-order valence-corrected chi connectivity index (χ0v) is 19.7. The fraction of sp³-hybridized carbons (Fsp3) is 0.269. The van der Waals surface area contributed by atoms with Gasteiger partial charge in [-0.1, -0.05) is 32.6 Å². The Morgan fingerprint density at radius 2 is 1.81 bits per heavy atom. The number of hydrogen-bond acceptors (Lipinski definition) is 4. The average Bonchev–Trinajstić information content (AvgIpc) is 2.82. The van der Waals surface area contributed by atoms with Gasteiger partial charge in [0.05, 0.1) is 12.3 Å². The Hall–Kier alpha value is -3.66. The van der Waals surface area contributed by atoms with Crippen LogP contribution in [0.5, 0.6) is 5.75 Å². The van der Waals surface area contributed by atoms with Crippen molar-refractivity contribution in [2.24, 2.45) is 16.8 Å². The molecule has 1 unspecified atom stereocenters. The van der Waals surface area contributed by atoms with Crippen LogP contribution < -0.4 is 10.5 Å². The molecule has 0 spiro atoms. The van der Waals surface area contributed by atoms with E-state index in [1.165, 1.54) is 29.4 Å². The fourth-order valence-electron chi connectivity index (χ4n) is 3.25. The monoisotopic (exact) mass is 507 g/mol. The molecule has 1 atom stereocenters. The number of nitrogens with zero attached hydrogens (tertiary/aromatic N) is 2. The van der Waals surface area contributed by atoms with Crippen LogP contribution in [-0.4, -0.2) is 28.5 Å². The molecule has 1 aliphatic heterocycles. The number of nitrogens with two attached hydrogens (primary N) is 1. The first-order valence-electron chi connectivity index (χ1n) is 11.0. The summed E-state index contributed by atoms with van der Waals surface area (Å²) >= 11 is 0. The lowest BCUT2D eigenvalue weighted by Crippen LogP contribution is -2.28. The number of hydrogen-bond donors (Lipinski definition) is 2. The van der Waals surface area contributed by atoms with Crippen LogP contribution in [0.1, 0.15) is 37.5 Å². The summed E-state index contributed by atoms with van der Waals surface area (Å²) in [5.41, 5.74) is 6.32. The molecule has 5 nitrogen and oxygen atoms in total. The molecule has 36 heavy (non-hydrogen) atoms. The van der Waals surface area contributed by atoms with Crippen LogP contribution in [0.25, 0.3) is 5.57 Å². The van der Waals surface area contributed by atoms with Gasteiger partial charge in [-0.3, -0.25) is 0 Å². The van der Waals surface area contributed by atoms with E-state index in [2.05, 4.69) is 11.7 Å². The van der Waals surface area contributed by atoms with Gasteiger partial charge in [0.2, 0.25) is 0 Å². The van der Waals surface area contributed by atoms with E-state index in [1.54, 1.807) is 0 Å². The number of benzene rings is 2. The van der Waals surface area contributed by atoms with Crippen LogP contribution in [0.2, 0.25) is 0 Å². The molecule has 3 N–H and O–H groups in total. The number of halogens is 5. The zero-order chi connectivity index (χ0) is 26.6. The molecule has 1 heterocycles. The summed E-state index contributed by atoms with van der Waals surface area (Å²) in [4.78, 5) is 0. The Morgan fingerprint density at radius 1 is 1.14 bits per heavy atom. The molecule has 0 saturated heterocycles. The highest BCUT2D eigenvalue weighted by atomic mass is 19.3. The minimum absolute atomic E-state index is 0.00462. The molecule has 0 aromatic heterocycles. The Kier molecular flexibility index (Phi) is 8.19. The second kappa shape index (κ2) is 10.9. The molecule has 3 rings (SSSR count). The van der Waals surface area contributed by atoms with Crippen molar-refractivity contribution in [2.45, 2.75) is 32.3 Å². The third-order valence-corrected chi connectivity index (χ3v) is 5.45. The quantitative estimate of drug-likeness (QED) is 0.252. The van der Waals surface area contributed by atoms with Gasteiger partial charge in [0.1, 0.15) is 17.8 Å². The summed E-state index contributed by atoms with van der Waals surface area (Å²) < 4.78 is 76.4. The number of aliphatic hydroxyl groups is 1. The van der Waals surface area contributed by atoms with Gasteiger partial charge in [-0.05, 0) is 47.6 Å². The lowest BCUT2D eigenvalue weighted by molar-refractivity contribution is -0.121. The second-order valence-corrected chi connectivity index (χ2v) is 8.48. The van der Waals surface area contributed by atoms with Gasteiger partial charge in [-0.25, -0.2) is 27.0 Å². The summed E-state index contributed by atoms with van der Waals surface area (Å²) in [7, 11) is 0. The first-order valence-corrected chi connectivity index (χ1v) is 11.0. The highest BCUT2D eigenvalue weighted by Crippen LogP contribution is 2.36. The first-order chi connectivity index (χ1) is 16.9. The van der Waals surface area contributed by atoms with Crippen molar-refractivity contribution in [3.63, 3.8) is 0 Å². The van der Waals surface area contributed by atoms with Gasteiger partial charge in [-0.2, -0.15) is 5.10 Å². The van der Waals surface area contributed by atoms with Crippen LogP contribution in [0.15, 0.2) is 72.1 Å². The molecular weight excluding hydrogens is 481 g/mol. The SMILES string of the molecule is C=C1C=C(c2ccc(F)c(OCCC(F)(F)C(O)c3ccc(F)cc3)c2F)C=CN1/N=C(/N)C(C)C. The lowest BCUT2D eigenvalue weighted by Gasteiger charge is -2.23. The Labute approximate surface area is 205 Å². The second-order valence-electron chi connectivity index (χ2n) is 8.48. The Morgan fingerprint density at radius 3 is 2.42 bits per heavy atom. The predicted molar refractivity (Wildman–Crippen MR) is 127 cm³/mol. The largest absolute Gasteiger partial charge is 0.487 e. The summed E-state index contributed by atoms with van der Waals surface area (Å²) in [5.74, 6) is -6.97. The van der Waals surface area contributed by atoms with Crippen molar-refractivity contribution in [1.82, 2.24) is 5.01 Å². The van der Waals surface area contributed by atoms with Crippen molar-refractivity contribution in [2.75, 3.05) is 6.61 Å². The van der Waals surface area contributed by atoms with Crippen molar-refractivity contribution < 1.29 is 31.8 Å². The van der Waals surface area contributed by atoms with Gasteiger partial charge in [0.25, 0.3) is 5.92 Å². The van der Waals surface area contributed by atoms with Crippen LogP contribution >= 0.6 is 0 Å². The molecule has 0 fully saturated rings. The van der Waals surface area contributed by atoms with Crippen molar-refractivity contribution in [3.8, 4) is 5.75 Å². The third-order valence-electron chi connectivity index (χ3n) is 5.45. The first kappa shape index (κ1) is 26.9. The molecule has 0 radical (unpaired) electrons. The smallest absolute Gasteiger partial charge is 0.280 e. The molecule has 192 valence electrons. The van der Waals surface area contributed by atoms with E-state index in [0.29, 0.717) is 17.1 Å². The van der Waals surface area contributed by atoms with E-state index < -0.39 is 48.3 Å². The van der Waals surface area contributed by atoms with Gasteiger partial charge < -0.3 is 15.6 Å². The number of ether oxygens (including phenoxy) is 1. The highest BCUT2D eigenvalue weighted by molar-refractivity contribution is 5.82. The van der Waals surface area contributed by atoms with E-state index in [9.17, 15) is 22.7 Å². The molecule has 2 aromatic carbocycles. The minimum atomic E-state index is -3.70.